The first kappa shape index (κ1) is 15.9. The molecule has 0 saturated carbocycles. The number of carbonyl (C=O) groups is 1. The summed E-state index contributed by atoms with van der Waals surface area (Å²) in [6, 6.07) is 12.2. The Balaban J connectivity index is 2.05. The van der Waals surface area contributed by atoms with E-state index in [1.165, 1.54) is 13.2 Å². The van der Waals surface area contributed by atoms with E-state index in [4.69, 9.17) is 21.1 Å². The van der Waals surface area contributed by atoms with Crippen molar-refractivity contribution < 1.29 is 14.3 Å². The van der Waals surface area contributed by atoms with Crippen LogP contribution in [0.1, 0.15) is 10.4 Å². The highest BCUT2D eigenvalue weighted by atomic mass is 35.5. The minimum atomic E-state index is -0.137. The SMILES string of the molecule is COc1ccc(C(=O)/C=C\Nc2ccc(Cl)cc2)cc1OC. The number of anilines is 1. The molecule has 0 heterocycles. The third-order valence-corrected chi connectivity index (χ3v) is 3.25. The summed E-state index contributed by atoms with van der Waals surface area (Å²) >= 11 is 5.81. The fourth-order valence-electron chi connectivity index (χ4n) is 1.85. The van der Waals surface area contributed by atoms with Crippen molar-refractivity contribution in [3.8, 4) is 11.5 Å². The van der Waals surface area contributed by atoms with Gasteiger partial charge in [-0.25, -0.2) is 0 Å². The van der Waals surface area contributed by atoms with Gasteiger partial charge >= 0.3 is 0 Å². The third kappa shape index (κ3) is 4.02. The zero-order valence-corrected chi connectivity index (χ0v) is 13.1. The van der Waals surface area contributed by atoms with Gasteiger partial charge in [0.15, 0.2) is 17.3 Å². The van der Waals surface area contributed by atoms with Crippen molar-refractivity contribution in [2.24, 2.45) is 0 Å². The number of ether oxygens (including phenoxy) is 2. The summed E-state index contributed by atoms with van der Waals surface area (Å²) in [5.74, 6) is 0.970. The lowest BCUT2D eigenvalue weighted by atomic mass is 10.1. The monoisotopic (exact) mass is 317 g/mol. The summed E-state index contributed by atoms with van der Waals surface area (Å²) in [5.41, 5.74) is 1.37. The molecular weight excluding hydrogens is 302 g/mol. The molecule has 114 valence electrons. The van der Waals surface area contributed by atoms with Crippen LogP contribution in [0.2, 0.25) is 5.02 Å². The summed E-state index contributed by atoms with van der Waals surface area (Å²) in [6.45, 7) is 0. The van der Waals surface area contributed by atoms with Crippen molar-refractivity contribution in [2.75, 3.05) is 19.5 Å². The van der Waals surface area contributed by atoms with Crippen molar-refractivity contribution in [3.63, 3.8) is 0 Å². The smallest absolute Gasteiger partial charge is 0.187 e. The number of hydrogen-bond donors (Lipinski definition) is 1. The normalized spacial score (nSPS) is 10.5. The van der Waals surface area contributed by atoms with E-state index in [0.29, 0.717) is 22.1 Å². The molecule has 2 aromatic carbocycles. The highest BCUT2D eigenvalue weighted by Crippen LogP contribution is 2.27. The topological polar surface area (TPSA) is 47.6 Å². The number of methoxy groups -OCH3 is 2. The molecule has 0 radical (unpaired) electrons. The largest absolute Gasteiger partial charge is 0.493 e. The molecule has 0 saturated heterocycles. The summed E-state index contributed by atoms with van der Waals surface area (Å²) in [4.78, 5) is 12.1. The van der Waals surface area contributed by atoms with Gasteiger partial charge in [0.05, 0.1) is 14.2 Å². The summed E-state index contributed by atoms with van der Waals surface area (Å²) in [7, 11) is 3.08. The van der Waals surface area contributed by atoms with Gasteiger partial charge in [-0.15, -0.1) is 0 Å². The Morgan fingerprint density at radius 3 is 2.36 bits per heavy atom. The summed E-state index contributed by atoms with van der Waals surface area (Å²) in [6.07, 6.45) is 3.04. The second-order valence-electron chi connectivity index (χ2n) is 4.42. The molecule has 5 heteroatoms. The highest BCUT2D eigenvalue weighted by Gasteiger charge is 2.08. The molecule has 4 nitrogen and oxygen atoms in total. The molecule has 0 aliphatic carbocycles. The van der Waals surface area contributed by atoms with Crippen molar-refractivity contribution in [1.29, 1.82) is 0 Å². The van der Waals surface area contributed by atoms with Gasteiger partial charge in [-0.1, -0.05) is 11.6 Å². The van der Waals surface area contributed by atoms with Crippen LogP contribution < -0.4 is 14.8 Å². The van der Waals surface area contributed by atoms with E-state index in [-0.39, 0.29) is 5.78 Å². The van der Waals surface area contributed by atoms with Gasteiger partial charge in [0.25, 0.3) is 0 Å². The van der Waals surface area contributed by atoms with Crippen LogP contribution in [0.3, 0.4) is 0 Å². The second kappa shape index (κ2) is 7.52. The summed E-state index contributed by atoms with van der Waals surface area (Å²) < 4.78 is 10.3. The maximum Gasteiger partial charge on any atom is 0.187 e. The van der Waals surface area contributed by atoms with Crippen molar-refractivity contribution in [2.45, 2.75) is 0 Å². The molecule has 0 spiro atoms. The molecule has 0 atom stereocenters. The van der Waals surface area contributed by atoms with E-state index in [0.717, 1.165) is 5.69 Å². The minimum absolute atomic E-state index is 0.137. The fraction of sp³-hybridized carbons (Fsp3) is 0.118. The highest BCUT2D eigenvalue weighted by molar-refractivity contribution is 6.30. The fourth-order valence-corrected chi connectivity index (χ4v) is 1.97. The number of nitrogens with one attached hydrogen (secondary N) is 1. The van der Waals surface area contributed by atoms with Gasteiger partial charge in [0, 0.05) is 28.5 Å². The molecule has 2 aromatic rings. The van der Waals surface area contributed by atoms with Crippen LogP contribution in [-0.4, -0.2) is 20.0 Å². The lowest BCUT2D eigenvalue weighted by molar-refractivity contribution is 0.104. The average molecular weight is 318 g/mol. The van der Waals surface area contributed by atoms with Crippen LogP contribution in [0, 0.1) is 0 Å². The second-order valence-corrected chi connectivity index (χ2v) is 4.86. The molecule has 0 fully saturated rings. The van der Waals surface area contributed by atoms with E-state index in [1.54, 1.807) is 43.6 Å². The van der Waals surface area contributed by atoms with E-state index < -0.39 is 0 Å². The third-order valence-electron chi connectivity index (χ3n) is 3.00. The van der Waals surface area contributed by atoms with Gasteiger partial charge in [0.1, 0.15) is 0 Å². The van der Waals surface area contributed by atoms with Crippen molar-refractivity contribution >= 4 is 23.1 Å². The predicted octanol–water partition coefficient (Wildman–Crippen LogP) is 4.17. The lowest BCUT2D eigenvalue weighted by Crippen LogP contribution is -1.98. The van der Waals surface area contributed by atoms with Crippen LogP contribution in [0.5, 0.6) is 11.5 Å². The molecule has 0 aliphatic rings. The number of benzene rings is 2. The van der Waals surface area contributed by atoms with E-state index >= 15 is 0 Å². The Hall–Kier alpha value is -2.46. The molecule has 0 aromatic heterocycles. The lowest BCUT2D eigenvalue weighted by Gasteiger charge is -2.08. The van der Waals surface area contributed by atoms with Crippen LogP contribution in [0.4, 0.5) is 5.69 Å². The Morgan fingerprint density at radius 2 is 1.73 bits per heavy atom. The molecule has 22 heavy (non-hydrogen) atoms. The van der Waals surface area contributed by atoms with Gasteiger partial charge in [-0.2, -0.15) is 0 Å². The minimum Gasteiger partial charge on any atom is -0.493 e. The Labute approximate surface area is 134 Å². The number of halogens is 1. The molecule has 2 rings (SSSR count). The number of carbonyl (C=O) groups excluding carboxylic acids is 1. The first-order chi connectivity index (χ1) is 10.6. The van der Waals surface area contributed by atoms with Crippen molar-refractivity contribution in [1.82, 2.24) is 0 Å². The zero-order valence-electron chi connectivity index (χ0n) is 12.3. The average Bonchev–Trinajstić information content (AvgIpc) is 2.55. The standard InChI is InChI=1S/C17H16ClNO3/c1-21-16-8-3-12(11-17(16)22-2)15(20)9-10-19-14-6-4-13(18)5-7-14/h3-11,19H,1-2H3/b10-9-. The van der Waals surface area contributed by atoms with E-state index in [9.17, 15) is 4.79 Å². The Morgan fingerprint density at radius 1 is 1.05 bits per heavy atom. The number of ketones is 1. The zero-order chi connectivity index (χ0) is 15.9. The number of hydrogen-bond acceptors (Lipinski definition) is 4. The van der Waals surface area contributed by atoms with Gasteiger partial charge in [-0.05, 0) is 42.5 Å². The van der Waals surface area contributed by atoms with Crippen LogP contribution in [0.25, 0.3) is 0 Å². The van der Waals surface area contributed by atoms with Gasteiger partial charge in [-0.3, -0.25) is 4.79 Å². The number of allylic oxidation sites excluding steroid dienone is 1. The first-order valence-electron chi connectivity index (χ1n) is 6.59. The van der Waals surface area contributed by atoms with E-state index in [2.05, 4.69) is 5.32 Å². The van der Waals surface area contributed by atoms with Gasteiger partial charge < -0.3 is 14.8 Å². The maximum absolute atomic E-state index is 12.1. The van der Waals surface area contributed by atoms with Crippen LogP contribution in [0.15, 0.2) is 54.7 Å². The predicted molar refractivity (Wildman–Crippen MR) is 88.1 cm³/mol. The molecular formula is C17H16ClNO3. The van der Waals surface area contributed by atoms with Crippen molar-refractivity contribution in [3.05, 3.63) is 65.3 Å². The van der Waals surface area contributed by atoms with Crippen LogP contribution in [-0.2, 0) is 0 Å². The Bertz CT molecular complexity index is 681. The molecule has 0 bridgehead atoms. The molecule has 1 N–H and O–H groups in total. The van der Waals surface area contributed by atoms with Crippen LogP contribution >= 0.6 is 11.6 Å². The molecule has 0 aliphatic heterocycles. The summed E-state index contributed by atoms with van der Waals surface area (Å²) in [5, 5.41) is 3.67. The van der Waals surface area contributed by atoms with E-state index in [1.807, 2.05) is 12.1 Å². The maximum atomic E-state index is 12.1. The van der Waals surface area contributed by atoms with Gasteiger partial charge in [0.2, 0.25) is 0 Å². The molecule has 0 amide bonds. The Kier molecular flexibility index (Phi) is 5.44. The molecule has 0 unspecified atom stereocenters. The number of rotatable bonds is 6. The quantitative estimate of drug-likeness (QED) is 0.642. The first-order valence-corrected chi connectivity index (χ1v) is 6.97.